The molecule has 1 amide bonds. The zero-order valence-corrected chi connectivity index (χ0v) is 11.3. The molecule has 2 aromatic heterocycles. The van der Waals surface area contributed by atoms with Crippen LogP contribution < -0.4 is 11.1 Å². The summed E-state index contributed by atoms with van der Waals surface area (Å²) in [7, 11) is 0. The quantitative estimate of drug-likeness (QED) is 0.900. The third-order valence-corrected chi connectivity index (χ3v) is 4.48. The maximum absolute atomic E-state index is 11.9. The molecule has 1 aliphatic rings. The average molecular weight is 273 g/mol. The van der Waals surface area contributed by atoms with Crippen LogP contribution in [0.25, 0.3) is 0 Å². The topological polar surface area (TPSA) is 68.0 Å². The minimum Gasteiger partial charge on any atom is -0.397 e. The molecule has 4 nitrogen and oxygen atoms in total. The minimum absolute atomic E-state index is 0.159. The molecule has 0 aromatic carbocycles. The van der Waals surface area contributed by atoms with E-state index in [-0.39, 0.29) is 5.91 Å². The Labute approximate surface area is 115 Å². The summed E-state index contributed by atoms with van der Waals surface area (Å²) in [5.41, 5.74) is 7.96. The van der Waals surface area contributed by atoms with Crippen molar-refractivity contribution in [3.63, 3.8) is 0 Å². The van der Waals surface area contributed by atoms with Gasteiger partial charge in [0.25, 0.3) is 5.91 Å². The van der Waals surface area contributed by atoms with Gasteiger partial charge in [-0.1, -0.05) is 0 Å². The summed E-state index contributed by atoms with van der Waals surface area (Å²) in [5, 5.41) is 2.89. The van der Waals surface area contributed by atoms with Gasteiger partial charge in [-0.05, 0) is 43.0 Å². The number of carbonyl (C=O) groups is 1. The number of hydrogen-bond donors (Lipinski definition) is 2. The summed E-state index contributed by atoms with van der Waals surface area (Å²) >= 11 is 1.81. The first-order valence-corrected chi connectivity index (χ1v) is 7.14. The van der Waals surface area contributed by atoms with Gasteiger partial charge in [0.15, 0.2) is 0 Å². The molecular formula is C14H15N3OS. The van der Waals surface area contributed by atoms with Crippen LogP contribution in [0.4, 0.5) is 5.69 Å². The number of fused-ring (bicyclic) bond motifs is 1. The molecule has 3 N–H and O–H groups in total. The molecule has 0 saturated heterocycles. The maximum Gasteiger partial charge on any atom is 0.270 e. The smallest absolute Gasteiger partial charge is 0.270 e. The second-order valence-corrected chi connectivity index (χ2v) is 5.90. The number of nitrogens with two attached hydrogens (primary N) is 1. The minimum atomic E-state index is -0.159. The molecule has 0 fully saturated rings. The largest absolute Gasteiger partial charge is 0.397 e. The molecule has 0 radical (unpaired) electrons. The first kappa shape index (κ1) is 12.2. The number of hydrogen-bond acceptors (Lipinski definition) is 4. The van der Waals surface area contributed by atoms with Crippen LogP contribution in [0.2, 0.25) is 0 Å². The van der Waals surface area contributed by atoms with Gasteiger partial charge < -0.3 is 11.1 Å². The fourth-order valence-electron chi connectivity index (χ4n) is 2.28. The molecule has 5 heteroatoms. The second-order valence-electron chi connectivity index (χ2n) is 4.67. The van der Waals surface area contributed by atoms with Crippen molar-refractivity contribution >= 4 is 22.9 Å². The van der Waals surface area contributed by atoms with Crippen molar-refractivity contribution in [3.8, 4) is 0 Å². The van der Waals surface area contributed by atoms with Crippen molar-refractivity contribution in [1.82, 2.24) is 10.3 Å². The number of anilines is 1. The van der Waals surface area contributed by atoms with Gasteiger partial charge in [-0.2, -0.15) is 0 Å². The molecule has 19 heavy (non-hydrogen) atoms. The van der Waals surface area contributed by atoms with Crippen molar-refractivity contribution in [1.29, 1.82) is 0 Å². The summed E-state index contributed by atoms with van der Waals surface area (Å²) < 4.78 is 0. The lowest BCUT2D eigenvalue weighted by molar-refractivity contribution is 0.0946. The molecular weight excluding hydrogens is 258 g/mol. The van der Waals surface area contributed by atoms with Gasteiger partial charge in [0, 0.05) is 9.75 Å². The number of rotatable bonds is 3. The van der Waals surface area contributed by atoms with Crippen LogP contribution in [0.3, 0.4) is 0 Å². The van der Waals surface area contributed by atoms with Gasteiger partial charge in [-0.25, -0.2) is 4.98 Å². The van der Waals surface area contributed by atoms with Crippen molar-refractivity contribution < 1.29 is 4.79 Å². The Bertz CT molecular complexity index is 582. The van der Waals surface area contributed by atoms with Gasteiger partial charge in [-0.3, -0.25) is 4.79 Å². The Balaban J connectivity index is 1.62. The van der Waals surface area contributed by atoms with Crippen LogP contribution >= 0.6 is 11.3 Å². The maximum atomic E-state index is 11.9. The van der Waals surface area contributed by atoms with Crippen LogP contribution in [0.1, 0.15) is 32.2 Å². The second kappa shape index (κ2) is 5.01. The van der Waals surface area contributed by atoms with E-state index in [0.717, 1.165) is 0 Å². The monoisotopic (exact) mass is 273 g/mol. The molecule has 98 valence electrons. The lowest BCUT2D eigenvalue weighted by Gasteiger charge is -2.03. The Morgan fingerprint density at radius 2 is 2.32 bits per heavy atom. The highest BCUT2D eigenvalue weighted by Gasteiger charge is 2.15. The number of pyridine rings is 1. The zero-order valence-electron chi connectivity index (χ0n) is 10.5. The number of nitrogen functional groups attached to an aromatic ring is 1. The highest BCUT2D eigenvalue weighted by Crippen LogP contribution is 2.30. The summed E-state index contributed by atoms with van der Waals surface area (Å²) in [6.45, 7) is 0.572. The van der Waals surface area contributed by atoms with E-state index in [9.17, 15) is 4.79 Å². The van der Waals surface area contributed by atoms with Gasteiger partial charge in [0.2, 0.25) is 0 Å². The zero-order chi connectivity index (χ0) is 13.2. The number of amides is 1. The Morgan fingerprint density at radius 1 is 1.42 bits per heavy atom. The number of nitrogens with zero attached hydrogens (tertiary/aromatic N) is 1. The van der Waals surface area contributed by atoms with Gasteiger partial charge in [-0.15, -0.1) is 11.3 Å². The number of aryl methyl sites for hydroxylation is 2. The SMILES string of the molecule is Nc1ccc(C(=O)NCc2cc3c(s2)CCC3)nc1. The lowest BCUT2D eigenvalue weighted by atomic mass is 10.2. The fraction of sp³-hybridized carbons (Fsp3) is 0.286. The van der Waals surface area contributed by atoms with Crippen molar-refractivity contribution in [3.05, 3.63) is 45.4 Å². The predicted molar refractivity (Wildman–Crippen MR) is 76.2 cm³/mol. The number of carbonyl (C=O) groups excluding carboxylic acids is 1. The predicted octanol–water partition coefficient (Wildman–Crippen LogP) is 2.14. The van der Waals surface area contributed by atoms with Gasteiger partial charge in [0.1, 0.15) is 5.69 Å². The Morgan fingerprint density at radius 3 is 3.05 bits per heavy atom. The van der Waals surface area contributed by atoms with Crippen molar-refractivity contribution in [2.24, 2.45) is 0 Å². The van der Waals surface area contributed by atoms with E-state index in [2.05, 4.69) is 16.4 Å². The summed E-state index contributed by atoms with van der Waals surface area (Å²) in [6.07, 6.45) is 5.13. The summed E-state index contributed by atoms with van der Waals surface area (Å²) in [4.78, 5) is 18.6. The average Bonchev–Trinajstić information content (AvgIpc) is 2.97. The van der Waals surface area contributed by atoms with E-state index in [1.807, 2.05) is 0 Å². The van der Waals surface area contributed by atoms with Gasteiger partial charge in [0.05, 0.1) is 18.4 Å². The molecule has 0 bridgehead atoms. The fourth-order valence-corrected chi connectivity index (χ4v) is 3.48. The summed E-state index contributed by atoms with van der Waals surface area (Å²) in [5.74, 6) is -0.159. The molecule has 0 spiro atoms. The first-order valence-electron chi connectivity index (χ1n) is 6.32. The number of aromatic nitrogens is 1. The third-order valence-electron chi connectivity index (χ3n) is 3.24. The highest BCUT2D eigenvalue weighted by molar-refractivity contribution is 7.12. The van der Waals surface area contributed by atoms with Crippen LogP contribution in [-0.2, 0) is 19.4 Å². The Kier molecular flexibility index (Phi) is 3.21. The van der Waals surface area contributed by atoms with E-state index >= 15 is 0 Å². The normalized spacial score (nSPS) is 13.3. The molecule has 0 saturated carbocycles. The molecule has 0 atom stereocenters. The van der Waals surface area contributed by atoms with Crippen LogP contribution in [0, 0.1) is 0 Å². The Hall–Kier alpha value is -1.88. The molecule has 0 aliphatic heterocycles. The molecule has 3 rings (SSSR count). The summed E-state index contributed by atoms with van der Waals surface area (Å²) in [6, 6.07) is 5.53. The third kappa shape index (κ3) is 2.61. The van der Waals surface area contributed by atoms with E-state index < -0.39 is 0 Å². The molecule has 1 aliphatic carbocycles. The molecule has 0 unspecified atom stereocenters. The van der Waals surface area contributed by atoms with E-state index in [4.69, 9.17) is 5.73 Å². The first-order chi connectivity index (χ1) is 9.22. The van der Waals surface area contributed by atoms with Crippen LogP contribution in [-0.4, -0.2) is 10.9 Å². The van der Waals surface area contributed by atoms with Crippen LogP contribution in [0.5, 0.6) is 0 Å². The number of thiophene rings is 1. The van der Waals surface area contributed by atoms with E-state index in [0.29, 0.717) is 17.9 Å². The molecule has 2 heterocycles. The van der Waals surface area contributed by atoms with E-state index in [1.165, 1.54) is 40.8 Å². The van der Waals surface area contributed by atoms with Crippen molar-refractivity contribution in [2.45, 2.75) is 25.8 Å². The van der Waals surface area contributed by atoms with Crippen LogP contribution in [0.15, 0.2) is 24.4 Å². The number of nitrogens with one attached hydrogen (secondary N) is 1. The lowest BCUT2D eigenvalue weighted by Crippen LogP contribution is -2.23. The van der Waals surface area contributed by atoms with Gasteiger partial charge >= 0.3 is 0 Å². The van der Waals surface area contributed by atoms with E-state index in [1.54, 1.807) is 23.5 Å². The highest BCUT2D eigenvalue weighted by atomic mass is 32.1. The van der Waals surface area contributed by atoms with Crippen molar-refractivity contribution in [2.75, 3.05) is 5.73 Å². The standard InChI is InChI=1S/C14H15N3OS/c15-10-4-5-12(16-7-10)14(18)17-8-11-6-9-2-1-3-13(9)19-11/h4-7H,1-3,8,15H2,(H,17,18). The molecule has 2 aromatic rings.